The van der Waals surface area contributed by atoms with Gasteiger partial charge in [-0.25, -0.2) is 4.98 Å². The van der Waals surface area contributed by atoms with E-state index in [0.29, 0.717) is 0 Å². The summed E-state index contributed by atoms with van der Waals surface area (Å²) < 4.78 is 1.20. The first-order valence-electron chi connectivity index (χ1n) is 4.78. The van der Waals surface area contributed by atoms with Gasteiger partial charge in [-0.15, -0.1) is 11.3 Å². The van der Waals surface area contributed by atoms with E-state index in [4.69, 9.17) is 0 Å². The van der Waals surface area contributed by atoms with Gasteiger partial charge in [0.15, 0.2) is 0 Å². The number of H-pyrrole nitrogens is 1. The standard InChI is InChI=1S/C10H12BrN3S/c11-9-2-1-8(15-9)3-4-12-7-10-13-5-6-14-10/h1-2,5-6,12H,3-4,7H2,(H,13,14). The third-order valence-corrected chi connectivity index (χ3v) is 3.71. The molecule has 0 saturated carbocycles. The summed E-state index contributed by atoms with van der Waals surface area (Å²) in [6, 6.07) is 4.25. The molecule has 80 valence electrons. The average Bonchev–Trinajstić information content (AvgIpc) is 2.84. The van der Waals surface area contributed by atoms with E-state index in [9.17, 15) is 0 Å². The Kier molecular flexibility index (Phi) is 3.94. The predicted molar refractivity (Wildman–Crippen MR) is 66.0 cm³/mol. The fourth-order valence-electron chi connectivity index (χ4n) is 1.30. The van der Waals surface area contributed by atoms with E-state index in [1.54, 1.807) is 17.5 Å². The second-order valence-electron chi connectivity index (χ2n) is 3.17. The highest BCUT2D eigenvalue weighted by atomic mass is 79.9. The van der Waals surface area contributed by atoms with Crippen LogP contribution >= 0.6 is 27.3 Å². The van der Waals surface area contributed by atoms with Crippen molar-refractivity contribution < 1.29 is 0 Å². The molecule has 0 aliphatic rings. The summed E-state index contributed by atoms with van der Waals surface area (Å²) in [5.74, 6) is 0.988. The van der Waals surface area contributed by atoms with Crippen LogP contribution in [0.15, 0.2) is 28.3 Å². The Hall–Kier alpha value is -0.650. The molecule has 5 heteroatoms. The lowest BCUT2D eigenvalue weighted by Gasteiger charge is -2.00. The Balaban J connectivity index is 1.67. The molecule has 2 heterocycles. The average molecular weight is 286 g/mol. The van der Waals surface area contributed by atoms with Gasteiger partial charge in [0, 0.05) is 23.8 Å². The van der Waals surface area contributed by atoms with E-state index < -0.39 is 0 Å². The summed E-state index contributed by atoms with van der Waals surface area (Å²) >= 11 is 5.24. The van der Waals surface area contributed by atoms with E-state index in [1.165, 1.54) is 8.66 Å². The summed E-state index contributed by atoms with van der Waals surface area (Å²) in [5, 5.41) is 3.34. The van der Waals surface area contributed by atoms with Gasteiger partial charge in [0.2, 0.25) is 0 Å². The molecule has 0 aliphatic heterocycles. The third-order valence-electron chi connectivity index (χ3n) is 2.02. The van der Waals surface area contributed by atoms with Crippen LogP contribution in [0.1, 0.15) is 10.7 Å². The van der Waals surface area contributed by atoms with Gasteiger partial charge in [-0.2, -0.15) is 0 Å². The fourth-order valence-corrected chi connectivity index (χ4v) is 2.78. The Morgan fingerprint density at radius 2 is 2.40 bits per heavy atom. The predicted octanol–water partition coefficient (Wildman–Crippen LogP) is 2.57. The number of halogens is 1. The highest BCUT2D eigenvalue weighted by molar-refractivity contribution is 9.11. The van der Waals surface area contributed by atoms with Crippen LogP contribution in [0.2, 0.25) is 0 Å². The van der Waals surface area contributed by atoms with Crippen LogP contribution in [0.25, 0.3) is 0 Å². The van der Waals surface area contributed by atoms with Crippen molar-refractivity contribution in [1.29, 1.82) is 0 Å². The summed E-state index contributed by atoms with van der Waals surface area (Å²) in [5.41, 5.74) is 0. The number of rotatable bonds is 5. The van der Waals surface area contributed by atoms with Gasteiger partial charge in [-0.1, -0.05) is 0 Å². The molecule has 15 heavy (non-hydrogen) atoms. The third kappa shape index (κ3) is 3.44. The molecular formula is C10H12BrN3S. The van der Waals surface area contributed by atoms with E-state index >= 15 is 0 Å². The molecule has 2 rings (SSSR count). The zero-order chi connectivity index (χ0) is 10.5. The maximum Gasteiger partial charge on any atom is 0.120 e. The maximum absolute atomic E-state index is 4.14. The molecule has 0 fully saturated rings. The molecule has 0 amide bonds. The van der Waals surface area contributed by atoms with E-state index in [0.717, 1.165) is 25.3 Å². The smallest absolute Gasteiger partial charge is 0.120 e. The van der Waals surface area contributed by atoms with Crippen LogP contribution in [-0.2, 0) is 13.0 Å². The Labute approximate surface area is 101 Å². The van der Waals surface area contributed by atoms with Crippen LogP contribution < -0.4 is 5.32 Å². The lowest BCUT2D eigenvalue weighted by molar-refractivity contribution is 0.668. The molecule has 3 nitrogen and oxygen atoms in total. The van der Waals surface area contributed by atoms with E-state index in [-0.39, 0.29) is 0 Å². The molecule has 0 atom stereocenters. The number of hydrogen-bond donors (Lipinski definition) is 2. The number of thiophene rings is 1. The maximum atomic E-state index is 4.14. The van der Waals surface area contributed by atoms with Crippen molar-refractivity contribution >= 4 is 27.3 Å². The topological polar surface area (TPSA) is 40.7 Å². The van der Waals surface area contributed by atoms with Crippen molar-refractivity contribution in [3.8, 4) is 0 Å². The molecule has 0 aromatic carbocycles. The normalized spacial score (nSPS) is 10.7. The first-order chi connectivity index (χ1) is 7.34. The van der Waals surface area contributed by atoms with Gasteiger partial charge in [0.05, 0.1) is 10.3 Å². The van der Waals surface area contributed by atoms with Crippen molar-refractivity contribution in [2.24, 2.45) is 0 Å². The van der Waals surface area contributed by atoms with Crippen LogP contribution in [0, 0.1) is 0 Å². The lowest BCUT2D eigenvalue weighted by atomic mass is 10.3. The summed E-state index contributed by atoms with van der Waals surface area (Å²) in [6.07, 6.45) is 4.68. The van der Waals surface area contributed by atoms with E-state index in [2.05, 4.69) is 43.3 Å². The lowest BCUT2D eigenvalue weighted by Crippen LogP contribution is -2.17. The van der Waals surface area contributed by atoms with Crippen molar-refractivity contribution in [2.75, 3.05) is 6.54 Å². The number of aromatic nitrogens is 2. The molecule has 0 spiro atoms. The molecule has 0 saturated heterocycles. The highest BCUT2D eigenvalue weighted by Crippen LogP contribution is 2.21. The second-order valence-corrected chi connectivity index (χ2v) is 5.72. The number of hydrogen-bond acceptors (Lipinski definition) is 3. The monoisotopic (exact) mass is 285 g/mol. The Morgan fingerprint density at radius 1 is 1.47 bits per heavy atom. The van der Waals surface area contributed by atoms with Crippen LogP contribution in [0.4, 0.5) is 0 Å². The molecule has 0 bridgehead atoms. The first-order valence-corrected chi connectivity index (χ1v) is 6.39. The second kappa shape index (κ2) is 5.44. The Bertz CT molecular complexity index is 396. The number of nitrogens with one attached hydrogen (secondary N) is 2. The summed E-state index contributed by atoms with van der Waals surface area (Å²) in [4.78, 5) is 8.60. The van der Waals surface area contributed by atoms with Gasteiger partial charge < -0.3 is 10.3 Å². The number of aromatic amines is 1. The van der Waals surface area contributed by atoms with Crippen molar-refractivity contribution in [1.82, 2.24) is 15.3 Å². The summed E-state index contributed by atoms with van der Waals surface area (Å²) in [6.45, 7) is 1.78. The van der Waals surface area contributed by atoms with E-state index in [1.807, 2.05) is 6.20 Å². The SMILES string of the molecule is Brc1ccc(CCNCc2ncc[nH]2)s1. The molecule has 0 aliphatic carbocycles. The minimum atomic E-state index is 0.805. The zero-order valence-corrected chi connectivity index (χ0v) is 10.6. The van der Waals surface area contributed by atoms with Crippen molar-refractivity contribution in [3.63, 3.8) is 0 Å². The molecule has 2 N–H and O–H groups in total. The first kappa shape index (κ1) is 10.9. The van der Waals surface area contributed by atoms with Crippen molar-refractivity contribution in [2.45, 2.75) is 13.0 Å². The van der Waals surface area contributed by atoms with Gasteiger partial charge in [0.1, 0.15) is 5.82 Å². The van der Waals surface area contributed by atoms with Crippen LogP contribution in [-0.4, -0.2) is 16.5 Å². The minimum absolute atomic E-state index is 0.805. The van der Waals surface area contributed by atoms with Crippen LogP contribution in [0.5, 0.6) is 0 Å². The molecular weight excluding hydrogens is 274 g/mol. The Morgan fingerprint density at radius 3 is 3.07 bits per heavy atom. The summed E-state index contributed by atoms with van der Waals surface area (Å²) in [7, 11) is 0. The minimum Gasteiger partial charge on any atom is -0.348 e. The molecule has 0 radical (unpaired) electrons. The largest absolute Gasteiger partial charge is 0.348 e. The quantitative estimate of drug-likeness (QED) is 0.829. The zero-order valence-electron chi connectivity index (χ0n) is 8.16. The molecule has 2 aromatic rings. The van der Waals surface area contributed by atoms with Gasteiger partial charge >= 0.3 is 0 Å². The molecule has 2 aromatic heterocycles. The van der Waals surface area contributed by atoms with Crippen molar-refractivity contribution in [3.05, 3.63) is 39.0 Å². The number of nitrogens with zero attached hydrogens (tertiary/aromatic N) is 1. The number of imidazole rings is 1. The fraction of sp³-hybridized carbons (Fsp3) is 0.300. The van der Waals surface area contributed by atoms with Crippen LogP contribution in [0.3, 0.4) is 0 Å². The van der Waals surface area contributed by atoms with Gasteiger partial charge in [-0.3, -0.25) is 0 Å². The molecule has 0 unspecified atom stereocenters. The van der Waals surface area contributed by atoms with Gasteiger partial charge in [-0.05, 0) is 34.5 Å². The highest BCUT2D eigenvalue weighted by Gasteiger charge is 1.98. The van der Waals surface area contributed by atoms with Gasteiger partial charge in [0.25, 0.3) is 0 Å².